The van der Waals surface area contributed by atoms with Crippen molar-refractivity contribution in [3.8, 4) is 11.5 Å². The number of benzene rings is 2. The second kappa shape index (κ2) is 9.63. The number of hydrogen-bond acceptors (Lipinski definition) is 4. The van der Waals surface area contributed by atoms with Gasteiger partial charge in [0.2, 0.25) is 0 Å². The lowest BCUT2D eigenvalue weighted by Gasteiger charge is -2.34. The third-order valence-corrected chi connectivity index (χ3v) is 5.27. The van der Waals surface area contributed by atoms with Crippen LogP contribution in [0.15, 0.2) is 42.5 Å². The Labute approximate surface area is 177 Å². The fraction of sp³-hybridized carbons (Fsp3) is 0.391. The topological polar surface area (TPSA) is 81.1 Å². The van der Waals surface area contributed by atoms with E-state index in [0.29, 0.717) is 11.5 Å². The minimum absolute atomic E-state index is 0.0356. The molecule has 3 amide bonds. The van der Waals surface area contributed by atoms with Gasteiger partial charge in [0, 0.05) is 23.6 Å². The monoisotopic (exact) mass is 412 g/mol. The summed E-state index contributed by atoms with van der Waals surface area (Å²) in [7, 11) is 3.25. The Bertz CT molecular complexity index is 899. The Morgan fingerprint density at radius 2 is 1.77 bits per heavy atom. The first-order valence-corrected chi connectivity index (χ1v) is 10.2. The van der Waals surface area contributed by atoms with E-state index in [1.54, 1.807) is 14.2 Å². The molecule has 1 aliphatic rings. The number of ether oxygens (including phenoxy) is 2. The Hall–Kier alpha value is -3.06. The standard InChI is InChI=1S/C23H29N3O4/c1-15(2)24-23(28)25-21(27)14-26-11-10-17-12-19(29-3)20(30-4)13-18(17)22(26)16-8-6-5-7-9-16/h5-9,12-13,15,22H,10-11,14H2,1-4H3,(H2,24,25,27,28)/p+1/t22-/m0/s1. The highest BCUT2D eigenvalue weighted by Crippen LogP contribution is 2.35. The van der Waals surface area contributed by atoms with Gasteiger partial charge in [-0.15, -0.1) is 0 Å². The summed E-state index contributed by atoms with van der Waals surface area (Å²) in [4.78, 5) is 25.6. The SMILES string of the molecule is COc1cc2c(cc1OC)[C@H](c1ccccc1)[NH+](CC(=O)NC(=O)NC(C)C)CC2. The molecule has 2 atom stereocenters. The molecule has 2 aromatic rings. The van der Waals surface area contributed by atoms with Gasteiger partial charge >= 0.3 is 6.03 Å². The van der Waals surface area contributed by atoms with Crippen molar-refractivity contribution >= 4 is 11.9 Å². The van der Waals surface area contributed by atoms with Crippen molar-refractivity contribution in [3.63, 3.8) is 0 Å². The van der Waals surface area contributed by atoms with Crippen molar-refractivity contribution in [3.05, 3.63) is 59.2 Å². The van der Waals surface area contributed by atoms with Gasteiger partial charge in [-0.25, -0.2) is 4.79 Å². The van der Waals surface area contributed by atoms with Crippen molar-refractivity contribution in [1.82, 2.24) is 10.6 Å². The van der Waals surface area contributed by atoms with Gasteiger partial charge in [-0.05, 0) is 31.5 Å². The van der Waals surface area contributed by atoms with Gasteiger partial charge in [0.1, 0.15) is 6.04 Å². The average molecular weight is 413 g/mol. The summed E-state index contributed by atoms with van der Waals surface area (Å²) in [5, 5.41) is 5.13. The first-order chi connectivity index (χ1) is 14.4. The smallest absolute Gasteiger partial charge is 0.321 e. The Kier molecular flexibility index (Phi) is 6.95. The molecular weight excluding hydrogens is 382 g/mol. The van der Waals surface area contributed by atoms with Gasteiger partial charge in [-0.2, -0.15) is 0 Å². The highest BCUT2D eigenvalue weighted by molar-refractivity contribution is 5.94. The van der Waals surface area contributed by atoms with Gasteiger partial charge in [-0.1, -0.05) is 30.3 Å². The molecule has 0 spiro atoms. The van der Waals surface area contributed by atoms with E-state index in [4.69, 9.17) is 9.47 Å². The van der Waals surface area contributed by atoms with Gasteiger partial charge in [0.05, 0.1) is 20.8 Å². The number of quaternary nitrogens is 1. The van der Waals surface area contributed by atoms with E-state index in [0.717, 1.165) is 29.0 Å². The summed E-state index contributed by atoms with van der Waals surface area (Å²) >= 11 is 0. The quantitative estimate of drug-likeness (QED) is 0.671. The summed E-state index contributed by atoms with van der Waals surface area (Å²) in [5.74, 6) is 1.07. The number of carbonyl (C=O) groups is 2. The van der Waals surface area contributed by atoms with Crippen LogP contribution in [-0.4, -0.2) is 45.3 Å². The summed E-state index contributed by atoms with van der Waals surface area (Å²) in [6.45, 7) is 4.66. The van der Waals surface area contributed by atoms with Crippen molar-refractivity contribution in [2.75, 3.05) is 27.3 Å². The van der Waals surface area contributed by atoms with Crippen LogP contribution >= 0.6 is 0 Å². The fourth-order valence-electron chi connectivity index (χ4n) is 4.01. The minimum atomic E-state index is -0.463. The van der Waals surface area contributed by atoms with E-state index in [2.05, 4.69) is 22.8 Å². The van der Waals surface area contributed by atoms with E-state index < -0.39 is 6.03 Å². The molecule has 0 aliphatic carbocycles. The van der Waals surface area contributed by atoms with Crippen LogP contribution in [0, 0.1) is 0 Å². The fourth-order valence-corrected chi connectivity index (χ4v) is 4.01. The minimum Gasteiger partial charge on any atom is -0.493 e. The molecule has 30 heavy (non-hydrogen) atoms. The molecule has 0 saturated heterocycles. The van der Waals surface area contributed by atoms with Gasteiger partial charge in [0.25, 0.3) is 5.91 Å². The molecule has 0 radical (unpaired) electrons. The summed E-state index contributed by atoms with van der Waals surface area (Å²) in [6, 6.07) is 13.6. The molecular formula is C23H30N3O4+. The number of urea groups is 1. The third-order valence-electron chi connectivity index (χ3n) is 5.27. The van der Waals surface area contributed by atoms with Crippen molar-refractivity contribution < 1.29 is 24.0 Å². The highest BCUT2D eigenvalue weighted by atomic mass is 16.5. The summed E-state index contributed by atoms with van der Waals surface area (Å²) < 4.78 is 11.0. The molecule has 0 bridgehead atoms. The second-order valence-electron chi connectivity index (χ2n) is 7.76. The van der Waals surface area contributed by atoms with Crippen LogP contribution < -0.4 is 25.0 Å². The van der Waals surface area contributed by atoms with E-state index in [1.165, 1.54) is 5.56 Å². The van der Waals surface area contributed by atoms with Crippen LogP contribution in [0.1, 0.15) is 36.6 Å². The molecule has 1 aliphatic heterocycles. The van der Waals surface area contributed by atoms with Gasteiger partial charge < -0.3 is 19.7 Å². The lowest BCUT2D eigenvalue weighted by molar-refractivity contribution is -0.920. The van der Waals surface area contributed by atoms with Crippen LogP contribution in [0.5, 0.6) is 11.5 Å². The molecule has 7 heteroatoms. The van der Waals surface area contributed by atoms with Crippen LogP contribution in [0.3, 0.4) is 0 Å². The number of imide groups is 1. The number of nitrogens with one attached hydrogen (secondary N) is 3. The molecule has 0 saturated carbocycles. The van der Waals surface area contributed by atoms with E-state index in [-0.39, 0.29) is 24.5 Å². The lowest BCUT2D eigenvalue weighted by Crippen LogP contribution is -3.14. The van der Waals surface area contributed by atoms with E-state index >= 15 is 0 Å². The number of rotatable bonds is 6. The predicted octanol–water partition coefficient (Wildman–Crippen LogP) is 1.47. The molecule has 0 fully saturated rings. The van der Waals surface area contributed by atoms with Crippen LogP contribution in [-0.2, 0) is 11.2 Å². The zero-order valence-electron chi connectivity index (χ0n) is 18.0. The third kappa shape index (κ3) is 4.91. The van der Waals surface area contributed by atoms with Crippen LogP contribution in [0.2, 0.25) is 0 Å². The van der Waals surface area contributed by atoms with Crippen molar-refractivity contribution in [1.29, 1.82) is 0 Å². The molecule has 1 unspecified atom stereocenters. The summed E-state index contributed by atoms with van der Waals surface area (Å²) in [5.41, 5.74) is 3.41. The van der Waals surface area contributed by atoms with Gasteiger partial charge in [-0.3, -0.25) is 10.1 Å². The van der Waals surface area contributed by atoms with Crippen molar-refractivity contribution in [2.45, 2.75) is 32.4 Å². The largest absolute Gasteiger partial charge is 0.493 e. The van der Waals surface area contributed by atoms with E-state index in [1.807, 2.05) is 44.2 Å². The molecule has 1 heterocycles. The Morgan fingerprint density at radius 3 is 2.40 bits per heavy atom. The number of fused-ring (bicyclic) bond motifs is 1. The maximum Gasteiger partial charge on any atom is 0.321 e. The molecule has 3 N–H and O–H groups in total. The zero-order chi connectivity index (χ0) is 21.7. The molecule has 2 aromatic carbocycles. The van der Waals surface area contributed by atoms with Crippen LogP contribution in [0.25, 0.3) is 0 Å². The second-order valence-corrected chi connectivity index (χ2v) is 7.76. The molecule has 160 valence electrons. The highest BCUT2D eigenvalue weighted by Gasteiger charge is 2.35. The Balaban J connectivity index is 1.91. The number of carbonyl (C=O) groups excluding carboxylic acids is 2. The van der Waals surface area contributed by atoms with E-state index in [9.17, 15) is 9.59 Å². The first kappa shape index (κ1) is 21.6. The van der Waals surface area contributed by atoms with Crippen molar-refractivity contribution in [2.24, 2.45) is 0 Å². The average Bonchev–Trinajstić information content (AvgIpc) is 2.72. The van der Waals surface area contributed by atoms with Gasteiger partial charge in [0.15, 0.2) is 18.0 Å². The number of amides is 3. The maximum atomic E-state index is 12.6. The lowest BCUT2D eigenvalue weighted by atomic mass is 9.87. The summed E-state index contributed by atoms with van der Waals surface area (Å²) in [6.07, 6.45) is 0.805. The maximum absolute atomic E-state index is 12.6. The molecule has 3 rings (SSSR count). The zero-order valence-corrected chi connectivity index (χ0v) is 18.0. The first-order valence-electron chi connectivity index (χ1n) is 10.2. The predicted molar refractivity (Wildman–Crippen MR) is 114 cm³/mol. The number of hydrogen-bond donors (Lipinski definition) is 3. The normalized spacial score (nSPS) is 17.8. The van der Waals surface area contributed by atoms with Crippen LogP contribution in [0.4, 0.5) is 4.79 Å². The Morgan fingerprint density at radius 1 is 1.10 bits per heavy atom. The molecule has 7 nitrogen and oxygen atoms in total. The number of methoxy groups -OCH3 is 2. The molecule has 0 aromatic heterocycles.